The molecule has 1 atom stereocenters. The Bertz CT molecular complexity index is 640. The van der Waals surface area contributed by atoms with Crippen LogP contribution in [0.25, 0.3) is 0 Å². The quantitative estimate of drug-likeness (QED) is 0.678. The van der Waals surface area contributed by atoms with Gasteiger partial charge in [-0.2, -0.15) is 5.10 Å². The molecule has 2 N–H and O–H groups in total. The lowest BCUT2D eigenvalue weighted by molar-refractivity contribution is 0.0467. The first-order chi connectivity index (χ1) is 10.0. The van der Waals surface area contributed by atoms with Gasteiger partial charge in [-0.25, -0.2) is 4.79 Å². The van der Waals surface area contributed by atoms with Crippen molar-refractivity contribution < 1.29 is 9.53 Å². The molecule has 1 aromatic heterocycles. The summed E-state index contributed by atoms with van der Waals surface area (Å²) in [6.45, 7) is 4.31. The van der Waals surface area contributed by atoms with E-state index in [2.05, 4.69) is 18.9 Å². The Hall–Kier alpha value is -2.01. The predicted octanol–water partition coefficient (Wildman–Crippen LogP) is 3.45. The molecule has 0 aliphatic carbocycles. The van der Waals surface area contributed by atoms with Gasteiger partial charge in [-0.05, 0) is 37.6 Å². The summed E-state index contributed by atoms with van der Waals surface area (Å²) in [5, 5.41) is 4.71. The number of benzene rings is 1. The minimum absolute atomic E-state index is 0.129. The smallest absolute Gasteiger partial charge is 0.338 e. The highest BCUT2D eigenvalue weighted by atomic mass is 35.5. The molecular formula is C15H18ClN3O2. The molecule has 0 spiro atoms. The Morgan fingerprint density at radius 1 is 1.48 bits per heavy atom. The predicted molar refractivity (Wildman–Crippen MR) is 82.2 cm³/mol. The Morgan fingerprint density at radius 3 is 2.90 bits per heavy atom. The van der Waals surface area contributed by atoms with Crippen LogP contribution in [0.3, 0.4) is 0 Å². The number of hydrogen-bond donors (Lipinski definition) is 1. The van der Waals surface area contributed by atoms with Crippen molar-refractivity contribution >= 4 is 23.3 Å². The molecule has 0 aliphatic rings. The minimum Gasteiger partial charge on any atom is -0.456 e. The lowest BCUT2D eigenvalue weighted by Crippen LogP contribution is -2.08. The van der Waals surface area contributed by atoms with E-state index < -0.39 is 5.97 Å². The molecule has 0 radical (unpaired) electrons. The molecule has 0 fully saturated rings. The van der Waals surface area contributed by atoms with Gasteiger partial charge in [0.05, 0.1) is 22.0 Å². The van der Waals surface area contributed by atoms with E-state index in [-0.39, 0.29) is 6.61 Å². The number of carbonyl (C=O) groups excluding carboxylic acids is 1. The Morgan fingerprint density at radius 2 is 2.24 bits per heavy atom. The number of rotatable bonds is 5. The van der Waals surface area contributed by atoms with Crippen LogP contribution in [0.2, 0.25) is 5.02 Å². The number of carbonyl (C=O) groups is 1. The van der Waals surface area contributed by atoms with Gasteiger partial charge in [0.15, 0.2) is 0 Å². The number of esters is 1. The molecule has 1 heterocycles. The van der Waals surface area contributed by atoms with Gasteiger partial charge < -0.3 is 10.5 Å². The maximum absolute atomic E-state index is 11.9. The van der Waals surface area contributed by atoms with Crippen molar-refractivity contribution in [3.63, 3.8) is 0 Å². The molecule has 0 amide bonds. The molecule has 1 aromatic carbocycles. The third-order valence-corrected chi connectivity index (χ3v) is 3.62. The van der Waals surface area contributed by atoms with E-state index in [1.807, 2.05) is 16.9 Å². The van der Waals surface area contributed by atoms with Crippen LogP contribution in [0, 0.1) is 0 Å². The summed E-state index contributed by atoms with van der Waals surface area (Å²) >= 11 is 5.88. The van der Waals surface area contributed by atoms with E-state index in [9.17, 15) is 4.79 Å². The third kappa shape index (κ3) is 3.76. The Kier molecular flexibility index (Phi) is 4.85. The first kappa shape index (κ1) is 15.4. The first-order valence-corrected chi connectivity index (χ1v) is 7.15. The van der Waals surface area contributed by atoms with Gasteiger partial charge in [-0.1, -0.05) is 18.5 Å². The fraction of sp³-hybridized carbons (Fsp3) is 0.333. The highest BCUT2D eigenvalue weighted by molar-refractivity contribution is 6.33. The molecule has 0 bridgehead atoms. The summed E-state index contributed by atoms with van der Waals surface area (Å²) in [5.74, 6) is -0.449. The van der Waals surface area contributed by atoms with Gasteiger partial charge in [0, 0.05) is 12.2 Å². The lowest BCUT2D eigenvalue weighted by Gasteiger charge is -2.08. The normalized spacial score (nSPS) is 12.1. The number of nitrogens with two attached hydrogens (primary N) is 1. The largest absolute Gasteiger partial charge is 0.456 e. The number of hydrogen-bond acceptors (Lipinski definition) is 4. The Labute approximate surface area is 128 Å². The summed E-state index contributed by atoms with van der Waals surface area (Å²) in [5.41, 5.74) is 7.12. The maximum atomic E-state index is 11.9. The van der Waals surface area contributed by atoms with Gasteiger partial charge >= 0.3 is 5.97 Å². The summed E-state index contributed by atoms with van der Waals surface area (Å²) < 4.78 is 7.09. The molecule has 112 valence electrons. The highest BCUT2D eigenvalue weighted by Gasteiger charge is 2.11. The molecule has 2 aromatic rings. The van der Waals surface area contributed by atoms with Gasteiger partial charge in [0.25, 0.3) is 0 Å². The summed E-state index contributed by atoms with van der Waals surface area (Å²) in [4.78, 5) is 11.9. The average molecular weight is 308 g/mol. The van der Waals surface area contributed by atoms with Crippen LogP contribution >= 0.6 is 11.6 Å². The number of aromatic nitrogens is 2. The van der Waals surface area contributed by atoms with Crippen molar-refractivity contribution in [3.8, 4) is 0 Å². The number of anilines is 1. The van der Waals surface area contributed by atoms with Gasteiger partial charge in [0.2, 0.25) is 0 Å². The zero-order chi connectivity index (χ0) is 15.4. The topological polar surface area (TPSA) is 70.1 Å². The molecule has 5 nitrogen and oxygen atoms in total. The van der Waals surface area contributed by atoms with Crippen molar-refractivity contribution in [1.29, 1.82) is 0 Å². The average Bonchev–Trinajstić information content (AvgIpc) is 2.95. The molecule has 0 aliphatic heterocycles. The molecule has 6 heteroatoms. The van der Waals surface area contributed by atoms with E-state index in [1.54, 1.807) is 12.1 Å². The van der Waals surface area contributed by atoms with Crippen molar-refractivity contribution in [3.05, 3.63) is 46.7 Å². The lowest BCUT2D eigenvalue weighted by atomic mass is 10.2. The second-order valence-electron chi connectivity index (χ2n) is 4.86. The van der Waals surface area contributed by atoms with Crippen LogP contribution in [0.4, 0.5) is 5.69 Å². The second-order valence-corrected chi connectivity index (χ2v) is 5.26. The van der Waals surface area contributed by atoms with Crippen LogP contribution < -0.4 is 5.73 Å². The van der Waals surface area contributed by atoms with Gasteiger partial charge in [-0.3, -0.25) is 4.68 Å². The van der Waals surface area contributed by atoms with E-state index in [0.717, 1.165) is 6.42 Å². The minimum atomic E-state index is -0.449. The van der Waals surface area contributed by atoms with Crippen molar-refractivity contribution in [2.24, 2.45) is 0 Å². The summed E-state index contributed by atoms with van der Waals surface area (Å²) in [6, 6.07) is 6.83. The second kappa shape index (κ2) is 6.63. The number of ether oxygens (including phenoxy) is 1. The third-order valence-electron chi connectivity index (χ3n) is 3.29. The summed E-state index contributed by atoms with van der Waals surface area (Å²) in [7, 11) is 0. The van der Waals surface area contributed by atoms with Crippen LogP contribution in [0.5, 0.6) is 0 Å². The molecular weight excluding hydrogens is 290 g/mol. The molecule has 21 heavy (non-hydrogen) atoms. The zero-order valence-corrected chi connectivity index (χ0v) is 12.8. The highest BCUT2D eigenvalue weighted by Crippen LogP contribution is 2.20. The van der Waals surface area contributed by atoms with Crippen LogP contribution in [0.1, 0.15) is 42.4 Å². The van der Waals surface area contributed by atoms with E-state index >= 15 is 0 Å². The Balaban J connectivity index is 1.97. The first-order valence-electron chi connectivity index (χ1n) is 6.77. The number of nitrogens with zero attached hydrogens (tertiary/aromatic N) is 2. The van der Waals surface area contributed by atoms with E-state index in [1.165, 1.54) is 6.07 Å². The fourth-order valence-electron chi connectivity index (χ4n) is 1.76. The van der Waals surface area contributed by atoms with Crippen molar-refractivity contribution in [2.45, 2.75) is 32.9 Å². The van der Waals surface area contributed by atoms with Crippen LogP contribution in [-0.2, 0) is 11.3 Å². The molecule has 2 rings (SSSR count). The van der Waals surface area contributed by atoms with E-state index in [4.69, 9.17) is 22.1 Å². The van der Waals surface area contributed by atoms with Crippen molar-refractivity contribution in [2.75, 3.05) is 5.73 Å². The van der Waals surface area contributed by atoms with Gasteiger partial charge in [0.1, 0.15) is 6.61 Å². The fourth-order valence-corrected chi connectivity index (χ4v) is 1.94. The van der Waals surface area contributed by atoms with E-state index in [0.29, 0.717) is 28.0 Å². The standard InChI is InChI=1S/C15H18ClN3O2/c1-3-10(2)19-7-6-12(18-19)9-21-15(20)11-4-5-14(17)13(16)8-11/h4-8,10H,3,9,17H2,1-2H3. The summed E-state index contributed by atoms with van der Waals surface area (Å²) in [6.07, 6.45) is 2.88. The SMILES string of the molecule is CCC(C)n1ccc(COC(=O)c2ccc(N)c(Cl)c2)n1. The molecule has 0 saturated heterocycles. The van der Waals surface area contributed by atoms with Gasteiger partial charge in [-0.15, -0.1) is 0 Å². The number of nitrogen functional groups attached to an aromatic ring is 1. The zero-order valence-electron chi connectivity index (χ0n) is 12.0. The molecule has 0 saturated carbocycles. The number of halogens is 1. The van der Waals surface area contributed by atoms with Crippen LogP contribution in [0.15, 0.2) is 30.5 Å². The molecule has 1 unspecified atom stereocenters. The van der Waals surface area contributed by atoms with Crippen LogP contribution in [-0.4, -0.2) is 15.7 Å². The monoisotopic (exact) mass is 307 g/mol. The maximum Gasteiger partial charge on any atom is 0.338 e. The van der Waals surface area contributed by atoms with Crippen molar-refractivity contribution in [1.82, 2.24) is 9.78 Å².